The van der Waals surface area contributed by atoms with Crippen molar-refractivity contribution in [1.29, 1.82) is 0 Å². The largest absolute Gasteiger partial charge is 0.338 e. The van der Waals surface area contributed by atoms with E-state index in [4.69, 9.17) is 0 Å². The van der Waals surface area contributed by atoms with E-state index in [1.165, 1.54) is 58.2 Å². The summed E-state index contributed by atoms with van der Waals surface area (Å²) in [6.45, 7) is 15.3. The van der Waals surface area contributed by atoms with E-state index in [-0.39, 0.29) is 6.03 Å². The molecule has 0 bridgehead atoms. The van der Waals surface area contributed by atoms with Gasteiger partial charge in [-0.1, -0.05) is 26.7 Å². The predicted molar refractivity (Wildman–Crippen MR) is 110 cm³/mol. The summed E-state index contributed by atoms with van der Waals surface area (Å²) in [4.78, 5) is 17.5. The maximum atomic E-state index is 12.3. The molecule has 0 aliphatic carbocycles. The summed E-state index contributed by atoms with van der Waals surface area (Å²) in [7, 11) is 0. The number of carbonyl (C=O) groups excluding carboxylic acids is 1. The van der Waals surface area contributed by atoms with Crippen LogP contribution < -0.4 is 10.6 Å². The summed E-state index contributed by atoms with van der Waals surface area (Å²) in [5.41, 5.74) is 0. The molecule has 5 heteroatoms. The van der Waals surface area contributed by atoms with E-state index in [0.29, 0.717) is 23.9 Å². The first kappa shape index (κ1) is 21.5. The molecule has 2 heterocycles. The Morgan fingerprint density at radius 3 is 2.19 bits per heavy atom. The van der Waals surface area contributed by atoms with Crippen molar-refractivity contribution in [3.63, 3.8) is 0 Å². The Kier molecular flexibility index (Phi) is 9.20. The SMILES string of the molecule is CC(C)C(CNC(=O)NCC1CCCN(C(C)C)C1)N1CCCCCC1. The van der Waals surface area contributed by atoms with Gasteiger partial charge < -0.3 is 15.5 Å². The van der Waals surface area contributed by atoms with Crippen LogP contribution in [-0.4, -0.2) is 67.2 Å². The molecule has 0 radical (unpaired) electrons. The van der Waals surface area contributed by atoms with E-state index in [2.05, 4.69) is 48.1 Å². The van der Waals surface area contributed by atoms with E-state index in [9.17, 15) is 4.79 Å². The molecule has 2 aliphatic heterocycles. The molecule has 0 aromatic carbocycles. The molecule has 2 rings (SSSR count). The van der Waals surface area contributed by atoms with Crippen molar-refractivity contribution in [2.75, 3.05) is 39.3 Å². The van der Waals surface area contributed by atoms with Crippen LogP contribution in [0.1, 0.15) is 66.2 Å². The topological polar surface area (TPSA) is 47.6 Å². The van der Waals surface area contributed by atoms with Gasteiger partial charge in [0.15, 0.2) is 0 Å². The van der Waals surface area contributed by atoms with Crippen LogP contribution in [0.25, 0.3) is 0 Å². The van der Waals surface area contributed by atoms with Crippen molar-refractivity contribution >= 4 is 6.03 Å². The van der Waals surface area contributed by atoms with Gasteiger partial charge in [0.05, 0.1) is 0 Å². The number of likely N-dealkylation sites (tertiary alicyclic amines) is 2. The monoisotopic (exact) mass is 366 g/mol. The number of piperidine rings is 1. The molecule has 0 spiro atoms. The van der Waals surface area contributed by atoms with Crippen LogP contribution in [0.2, 0.25) is 0 Å². The minimum Gasteiger partial charge on any atom is -0.338 e. The van der Waals surface area contributed by atoms with Crippen LogP contribution in [0.4, 0.5) is 4.79 Å². The zero-order valence-electron chi connectivity index (χ0n) is 17.6. The van der Waals surface area contributed by atoms with Gasteiger partial charge in [0, 0.05) is 31.7 Å². The smallest absolute Gasteiger partial charge is 0.314 e. The van der Waals surface area contributed by atoms with Gasteiger partial charge >= 0.3 is 6.03 Å². The molecule has 2 N–H and O–H groups in total. The summed E-state index contributed by atoms with van der Waals surface area (Å²) < 4.78 is 0. The molecule has 5 nitrogen and oxygen atoms in total. The van der Waals surface area contributed by atoms with Gasteiger partial charge in [-0.2, -0.15) is 0 Å². The van der Waals surface area contributed by atoms with Crippen molar-refractivity contribution in [3.05, 3.63) is 0 Å². The highest BCUT2D eigenvalue weighted by atomic mass is 16.2. The fourth-order valence-electron chi connectivity index (χ4n) is 4.44. The van der Waals surface area contributed by atoms with Gasteiger partial charge in [0.25, 0.3) is 0 Å². The molecular weight excluding hydrogens is 324 g/mol. The normalized spacial score (nSPS) is 24.5. The van der Waals surface area contributed by atoms with Crippen LogP contribution in [0, 0.1) is 11.8 Å². The van der Waals surface area contributed by atoms with Gasteiger partial charge in [-0.25, -0.2) is 4.79 Å². The Balaban J connectivity index is 1.72. The Bertz CT molecular complexity index is 405. The highest BCUT2D eigenvalue weighted by Crippen LogP contribution is 2.18. The van der Waals surface area contributed by atoms with Crippen molar-refractivity contribution < 1.29 is 4.79 Å². The van der Waals surface area contributed by atoms with Gasteiger partial charge in [-0.15, -0.1) is 0 Å². The third-order valence-corrected chi connectivity index (χ3v) is 6.18. The second-order valence-corrected chi connectivity index (χ2v) is 8.95. The highest BCUT2D eigenvalue weighted by Gasteiger charge is 2.24. The molecule has 2 amide bonds. The minimum absolute atomic E-state index is 0.00661. The number of hydrogen-bond donors (Lipinski definition) is 2. The van der Waals surface area contributed by atoms with Crippen LogP contribution in [0.15, 0.2) is 0 Å². The lowest BCUT2D eigenvalue weighted by molar-refractivity contribution is 0.138. The average Bonchev–Trinajstić information content (AvgIpc) is 2.89. The highest BCUT2D eigenvalue weighted by molar-refractivity contribution is 5.73. The third kappa shape index (κ3) is 7.07. The van der Waals surface area contributed by atoms with Crippen molar-refractivity contribution in [1.82, 2.24) is 20.4 Å². The lowest BCUT2D eigenvalue weighted by Gasteiger charge is -2.35. The molecule has 0 saturated carbocycles. The second kappa shape index (κ2) is 11.1. The number of nitrogens with one attached hydrogen (secondary N) is 2. The van der Waals surface area contributed by atoms with Gasteiger partial charge in [-0.3, -0.25) is 4.90 Å². The average molecular weight is 367 g/mol. The lowest BCUT2D eigenvalue weighted by atomic mass is 9.97. The zero-order chi connectivity index (χ0) is 18.9. The first-order valence-corrected chi connectivity index (χ1v) is 11.0. The summed E-state index contributed by atoms with van der Waals surface area (Å²) in [6, 6.07) is 1.06. The number of amides is 2. The quantitative estimate of drug-likeness (QED) is 0.727. The molecule has 2 aliphatic rings. The number of rotatable bonds is 7. The van der Waals surface area contributed by atoms with Crippen molar-refractivity contribution in [2.24, 2.45) is 11.8 Å². The molecule has 0 aromatic rings. The standard InChI is InChI=1S/C21H42N4O/c1-17(2)20(24-11-7-5-6-8-12-24)15-23-21(26)22-14-19-10-9-13-25(16-19)18(3)4/h17-20H,5-16H2,1-4H3,(H2,22,23,26). The second-order valence-electron chi connectivity index (χ2n) is 8.95. The summed E-state index contributed by atoms with van der Waals surface area (Å²) in [6.07, 6.45) is 7.77. The first-order valence-electron chi connectivity index (χ1n) is 11.0. The van der Waals surface area contributed by atoms with E-state index in [1.807, 2.05) is 0 Å². The molecular formula is C21H42N4O. The Hall–Kier alpha value is -0.810. The number of hydrogen-bond acceptors (Lipinski definition) is 3. The fourth-order valence-corrected chi connectivity index (χ4v) is 4.44. The Labute approximate surface area is 161 Å². The van der Waals surface area contributed by atoms with Crippen molar-refractivity contribution in [2.45, 2.75) is 78.3 Å². The summed E-state index contributed by atoms with van der Waals surface area (Å²) in [5.74, 6) is 1.15. The van der Waals surface area contributed by atoms with E-state index in [0.717, 1.165) is 19.6 Å². The number of carbonyl (C=O) groups is 1. The first-order chi connectivity index (χ1) is 12.5. The van der Waals surface area contributed by atoms with E-state index in [1.54, 1.807) is 0 Å². The van der Waals surface area contributed by atoms with Gasteiger partial charge in [-0.05, 0) is 71.0 Å². The fraction of sp³-hybridized carbons (Fsp3) is 0.952. The van der Waals surface area contributed by atoms with Gasteiger partial charge in [0.1, 0.15) is 0 Å². The van der Waals surface area contributed by atoms with Crippen molar-refractivity contribution in [3.8, 4) is 0 Å². The number of nitrogens with zero attached hydrogens (tertiary/aromatic N) is 2. The van der Waals surface area contributed by atoms with Crippen LogP contribution in [0.3, 0.4) is 0 Å². The lowest BCUT2D eigenvalue weighted by Crippen LogP contribution is -2.50. The molecule has 2 unspecified atom stereocenters. The Morgan fingerprint density at radius 1 is 0.923 bits per heavy atom. The van der Waals surface area contributed by atoms with Crippen LogP contribution >= 0.6 is 0 Å². The maximum absolute atomic E-state index is 12.3. The summed E-state index contributed by atoms with van der Waals surface area (Å²) in [5, 5.41) is 6.28. The molecule has 26 heavy (non-hydrogen) atoms. The molecule has 2 saturated heterocycles. The molecule has 0 aromatic heterocycles. The zero-order valence-corrected chi connectivity index (χ0v) is 17.6. The summed E-state index contributed by atoms with van der Waals surface area (Å²) >= 11 is 0. The van der Waals surface area contributed by atoms with E-state index >= 15 is 0 Å². The molecule has 2 fully saturated rings. The van der Waals surface area contributed by atoms with E-state index < -0.39 is 0 Å². The molecule has 2 atom stereocenters. The number of urea groups is 1. The van der Waals surface area contributed by atoms with Gasteiger partial charge in [0.2, 0.25) is 0 Å². The molecule has 152 valence electrons. The predicted octanol–water partition coefficient (Wildman–Crippen LogP) is 3.31. The Morgan fingerprint density at radius 2 is 1.58 bits per heavy atom. The minimum atomic E-state index is 0.00661. The third-order valence-electron chi connectivity index (χ3n) is 6.18. The maximum Gasteiger partial charge on any atom is 0.314 e. The van der Waals surface area contributed by atoms with Crippen LogP contribution in [0.5, 0.6) is 0 Å². The van der Waals surface area contributed by atoms with Crippen LogP contribution in [-0.2, 0) is 0 Å².